The van der Waals surface area contributed by atoms with Crippen molar-refractivity contribution < 1.29 is 26.3 Å². The maximum atomic E-state index is 13.0. The predicted molar refractivity (Wildman–Crippen MR) is 128 cm³/mol. The third kappa shape index (κ3) is 5.77. The molecule has 0 bridgehead atoms. The number of sulfonamides is 2. The van der Waals surface area contributed by atoms with Gasteiger partial charge in [0.1, 0.15) is 11.5 Å². The maximum absolute atomic E-state index is 13.0. The Morgan fingerprint density at radius 3 is 1.88 bits per heavy atom. The minimum Gasteiger partial charge on any atom is -0.495 e. The van der Waals surface area contributed by atoms with Gasteiger partial charge in [-0.25, -0.2) is 16.8 Å². The first-order valence-electron chi connectivity index (χ1n) is 10.2. The van der Waals surface area contributed by atoms with Gasteiger partial charge in [-0.1, -0.05) is 37.6 Å². The zero-order chi connectivity index (χ0) is 24.1. The second-order valence-electron chi connectivity index (χ2n) is 7.17. The van der Waals surface area contributed by atoms with E-state index in [1.54, 1.807) is 36.4 Å². The molecule has 0 aliphatic heterocycles. The smallest absolute Gasteiger partial charge is 0.262 e. The highest BCUT2D eigenvalue weighted by Crippen LogP contribution is 2.32. The van der Waals surface area contributed by atoms with Gasteiger partial charge in [-0.15, -0.1) is 0 Å². The minimum atomic E-state index is -4.05. The lowest BCUT2D eigenvalue weighted by molar-refractivity contribution is 0.416. The van der Waals surface area contributed by atoms with E-state index in [1.165, 1.54) is 44.6 Å². The number of rotatable bonds is 10. The molecule has 10 heteroatoms. The normalized spacial score (nSPS) is 11.6. The van der Waals surface area contributed by atoms with E-state index in [2.05, 4.69) is 9.44 Å². The summed E-state index contributed by atoms with van der Waals surface area (Å²) in [6.07, 6.45) is 1.80. The van der Waals surface area contributed by atoms with Crippen LogP contribution in [0.4, 0.5) is 11.4 Å². The van der Waals surface area contributed by atoms with Crippen molar-refractivity contribution in [1.82, 2.24) is 0 Å². The number of nitrogens with one attached hydrogen (secondary N) is 2. The molecule has 0 aliphatic rings. The van der Waals surface area contributed by atoms with E-state index >= 15 is 0 Å². The molecular formula is C23H26N2O6S2. The zero-order valence-electron chi connectivity index (χ0n) is 18.5. The van der Waals surface area contributed by atoms with Gasteiger partial charge in [0, 0.05) is 0 Å². The first-order valence-corrected chi connectivity index (χ1v) is 13.1. The van der Waals surface area contributed by atoms with Crippen LogP contribution in [0.1, 0.15) is 18.9 Å². The lowest BCUT2D eigenvalue weighted by Crippen LogP contribution is -2.16. The van der Waals surface area contributed by atoms with E-state index in [4.69, 9.17) is 9.47 Å². The summed E-state index contributed by atoms with van der Waals surface area (Å²) in [6, 6.07) is 17.0. The summed E-state index contributed by atoms with van der Waals surface area (Å²) in [5.41, 5.74) is 1.28. The first kappa shape index (κ1) is 24.4. The molecule has 0 fully saturated rings. The van der Waals surface area contributed by atoms with Crippen molar-refractivity contribution in [3.05, 3.63) is 72.3 Å². The highest BCUT2D eigenvalue weighted by atomic mass is 32.2. The fourth-order valence-electron chi connectivity index (χ4n) is 3.19. The van der Waals surface area contributed by atoms with E-state index in [-0.39, 0.29) is 26.9 Å². The molecule has 0 atom stereocenters. The van der Waals surface area contributed by atoms with Crippen LogP contribution in [0.15, 0.2) is 76.5 Å². The Bertz CT molecular complexity index is 1320. The molecule has 0 aliphatic carbocycles. The maximum Gasteiger partial charge on any atom is 0.262 e. The quantitative estimate of drug-likeness (QED) is 0.439. The lowest BCUT2D eigenvalue weighted by atomic mass is 10.1. The van der Waals surface area contributed by atoms with Crippen LogP contribution in [0.5, 0.6) is 11.5 Å². The molecule has 2 N–H and O–H groups in total. The number of benzene rings is 3. The van der Waals surface area contributed by atoms with Gasteiger partial charge in [0.05, 0.1) is 35.4 Å². The summed E-state index contributed by atoms with van der Waals surface area (Å²) in [4.78, 5) is -0.0880. The number of methoxy groups -OCH3 is 2. The van der Waals surface area contributed by atoms with Crippen LogP contribution in [0, 0.1) is 0 Å². The van der Waals surface area contributed by atoms with Crippen LogP contribution in [0.25, 0.3) is 0 Å². The van der Waals surface area contributed by atoms with Crippen molar-refractivity contribution in [2.75, 3.05) is 23.7 Å². The monoisotopic (exact) mass is 490 g/mol. The Labute approximate surface area is 194 Å². The molecule has 0 unspecified atom stereocenters. The second-order valence-corrected chi connectivity index (χ2v) is 10.5. The Hall–Kier alpha value is -3.24. The van der Waals surface area contributed by atoms with Gasteiger partial charge in [-0.2, -0.15) is 0 Å². The molecular weight excluding hydrogens is 464 g/mol. The Kier molecular flexibility index (Phi) is 7.50. The van der Waals surface area contributed by atoms with Crippen molar-refractivity contribution in [2.24, 2.45) is 0 Å². The van der Waals surface area contributed by atoms with E-state index in [1.807, 2.05) is 6.92 Å². The lowest BCUT2D eigenvalue weighted by Gasteiger charge is -2.15. The van der Waals surface area contributed by atoms with E-state index in [0.717, 1.165) is 18.4 Å². The molecule has 0 amide bonds. The molecule has 0 saturated heterocycles. The summed E-state index contributed by atoms with van der Waals surface area (Å²) in [5.74, 6) is 0.527. The molecule has 0 heterocycles. The van der Waals surface area contributed by atoms with Crippen LogP contribution in [0.3, 0.4) is 0 Å². The van der Waals surface area contributed by atoms with Crippen LogP contribution in [-0.2, 0) is 26.5 Å². The minimum absolute atomic E-state index is 0.00182. The predicted octanol–water partition coefficient (Wildman–Crippen LogP) is 4.26. The molecule has 33 heavy (non-hydrogen) atoms. The van der Waals surface area contributed by atoms with Gasteiger partial charge in [0.25, 0.3) is 20.0 Å². The fraction of sp³-hybridized carbons (Fsp3) is 0.217. The van der Waals surface area contributed by atoms with Gasteiger partial charge in [0.2, 0.25) is 0 Å². The van der Waals surface area contributed by atoms with E-state index < -0.39 is 20.0 Å². The highest BCUT2D eigenvalue weighted by Gasteiger charge is 2.22. The number of hydrogen-bond donors (Lipinski definition) is 2. The zero-order valence-corrected chi connectivity index (χ0v) is 20.2. The summed E-state index contributed by atoms with van der Waals surface area (Å²) < 4.78 is 67.1. The molecule has 8 nitrogen and oxygen atoms in total. The van der Waals surface area contributed by atoms with Crippen molar-refractivity contribution in [1.29, 1.82) is 0 Å². The molecule has 0 radical (unpaired) electrons. The Morgan fingerprint density at radius 2 is 1.24 bits per heavy atom. The van der Waals surface area contributed by atoms with E-state index in [9.17, 15) is 16.8 Å². The van der Waals surface area contributed by atoms with Gasteiger partial charge >= 0.3 is 0 Å². The second kappa shape index (κ2) is 10.1. The number of hydrogen-bond acceptors (Lipinski definition) is 6. The van der Waals surface area contributed by atoms with Gasteiger partial charge in [0.15, 0.2) is 0 Å². The van der Waals surface area contributed by atoms with Crippen LogP contribution in [-0.4, -0.2) is 31.1 Å². The average molecular weight is 491 g/mol. The van der Waals surface area contributed by atoms with Crippen LogP contribution in [0.2, 0.25) is 0 Å². The molecule has 3 aromatic rings. The van der Waals surface area contributed by atoms with Crippen molar-refractivity contribution in [3.63, 3.8) is 0 Å². The molecule has 0 aromatic heterocycles. The summed E-state index contributed by atoms with van der Waals surface area (Å²) in [5, 5.41) is 0. The van der Waals surface area contributed by atoms with Crippen molar-refractivity contribution in [3.8, 4) is 11.5 Å². The number of para-hydroxylation sites is 2. The Balaban J connectivity index is 1.93. The summed E-state index contributed by atoms with van der Waals surface area (Å²) in [7, 11) is -5.22. The molecule has 3 aromatic carbocycles. The van der Waals surface area contributed by atoms with Gasteiger partial charge in [-0.3, -0.25) is 9.44 Å². The topological polar surface area (TPSA) is 111 Å². The third-order valence-corrected chi connectivity index (χ3v) is 7.59. The number of aryl methyl sites for hydroxylation is 1. The van der Waals surface area contributed by atoms with Gasteiger partial charge < -0.3 is 9.47 Å². The highest BCUT2D eigenvalue weighted by molar-refractivity contribution is 7.93. The molecule has 0 spiro atoms. The summed E-state index contributed by atoms with van der Waals surface area (Å²) >= 11 is 0. The third-order valence-electron chi connectivity index (χ3n) is 4.85. The van der Waals surface area contributed by atoms with Crippen molar-refractivity contribution >= 4 is 31.4 Å². The Morgan fingerprint density at radius 1 is 0.697 bits per heavy atom. The van der Waals surface area contributed by atoms with E-state index in [0.29, 0.717) is 5.75 Å². The largest absolute Gasteiger partial charge is 0.495 e. The number of ether oxygens (including phenoxy) is 2. The number of anilines is 2. The SMILES string of the molecule is CCCc1ccc(S(=O)(=O)Nc2cc(S(=O)(=O)Nc3ccccc3OC)ccc2OC)cc1. The average Bonchev–Trinajstić information content (AvgIpc) is 2.79. The first-order chi connectivity index (χ1) is 15.7. The molecule has 3 rings (SSSR count). The van der Waals surface area contributed by atoms with Gasteiger partial charge in [-0.05, 0) is 54.4 Å². The molecule has 0 saturated carbocycles. The standard InChI is InChI=1S/C23H26N2O6S2/c1-4-7-17-10-12-18(13-11-17)32(26,27)25-21-16-19(14-15-23(21)31-3)33(28,29)24-20-8-5-6-9-22(20)30-2/h5-6,8-16,24-25H,4,7H2,1-3H3. The van der Waals surface area contributed by atoms with Crippen molar-refractivity contribution in [2.45, 2.75) is 29.6 Å². The molecule has 176 valence electrons. The van der Waals surface area contributed by atoms with Crippen LogP contribution < -0.4 is 18.9 Å². The summed E-state index contributed by atoms with van der Waals surface area (Å²) in [6.45, 7) is 2.04. The fourth-order valence-corrected chi connectivity index (χ4v) is 5.35. The van der Waals surface area contributed by atoms with Crippen LogP contribution >= 0.6 is 0 Å².